The van der Waals surface area contributed by atoms with E-state index in [-0.39, 0.29) is 44.3 Å². The van der Waals surface area contributed by atoms with Gasteiger partial charge in [0.1, 0.15) is 0 Å². The summed E-state index contributed by atoms with van der Waals surface area (Å²) in [5.41, 5.74) is 0. The average molecular weight is 84.0 g/mol. The normalized spacial score (nSPS) is 4.00. The number of nitriles is 1. The zero-order chi connectivity index (χ0) is 4.12. The Labute approximate surface area is 67.3 Å². The largest absolute Gasteiger partial charge is 1.00 e. The number of hydrogen-bond donors (Lipinski definition) is 1. The van der Waals surface area contributed by atoms with Crippen LogP contribution in [0.5, 0.6) is 0 Å². The molecule has 0 bridgehead atoms. The quantitative estimate of drug-likeness (QED) is 0.253. The molecule has 0 spiro atoms. The van der Waals surface area contributed by atoms with E-state index in [9.17, 15) is 0 Å². The number of aliphatic hydroxyl groups is 1. The molecule has 7 heavy (non-hydrogen) atoms. The SMILES string of the molecule is N#C[CH-]CO.[Li+].[Li+]. The molecule has 28 valence electrons. The van der Waals surface area contributed by atoms with Gasteiger partial charge >= 0.3 is 37.7 Å². The molecule has 0 aromatic heterocycles. The standard InChI is InChI=1S/C3H4NO.2Li/c4-2-1-3-5;;/h1,5H,3H2;;/q-1;2*+1. The molecule has 0 aliphatic carbocycles. The Kier molecular flexibility index (Phi) is 35.9. The third-order valence-electron chi connectivity index (χ3n) is 0.183. The van der Waals surface area contributed by atoms with E-state index < -0.39 is 0 Å². The van der Waals surface area contributed by atoms with Gasteiger partial charge in [-0.3, -0.25) is 6.42 Å². The van der Waals surface area contributed by atoms with E-state index in [4.69, 9.17) is 10.4 Å². The van der Waals surface area contributed by atoms with Crippen LogP contribution in [0.4, 0.5) is 0 Å². The first-order chi connectivity index (χ1) is 2.41. The second kappa shape index (κ2) is 16.0. The van der Waals surface area contributed by atoms with Crippen LogP contribution in [-0.2, 0) is 0 Å². The molecule has 0 radical (unpaired) electrons. The molecule has 0 rings (SSSR count). The van der Waals surface area contributed by atoms with Gasteiger partial charge in [0.15, 0.2) is 0 Å². The summed E-state index contributed by atoms with van der Waals surface area (Å²) in [6.45, 7) is -0.142. The minimum Gasteiger partial charge on any atom is -0.425 e. The maximum absolute atomic E-state index is 7.79. The fourth-order valence-electron chi connectivity index (χ4n) is 0.0408. The van der Waals surface area contributed by atoms with E-state index in [1.54, 1.807) is 6.07 Å². The predicted molar refractivity (Wildman–Crippen MR) is 17.0 cm³/mol. The van der Waals surface area contributed by atoms with Gasteiger partial charge < -0.3 is 5.11 Å². The molecule has 0 aromatic carbocycles. The Bertz CT molecular complexity index is 51.4. The summed E-state index contributed by atoms with van der Waals surface area (Å²) < 4.78 is 0. The van der Waals surface area contributed by atoms with Gasteiger partial charge in [-0.2, -0.15) is 0 Å². The monoisotopic (exact) mass is 84.1 g/mol. The second-order valence-corrected chi connectivity index (χ2v) is 0.516. The summed E-state index contributed by atoms with van der Waals surface area (Å²) in [5, 5.41) is 15.4. The molecule has 0 saturated heterocycles. The van der Waals surface area contributed by atoms with Crippen molar-refractivity contribution >= 4 is 0 Å². The molecule has 0 aliphatic rings. The molecule has 0 aromatic rings. The van der Waals surface area contributed by atoms with Gasteiger partial charge in [0.2, 0.25) is 0 Å². The summed E-state index contributed by atoms with van der Waals surface area (Å²) in [6, 6.07) is 1.64. The molecular weight excluding hydrogens is 79.9 g/mol. The summed E-state index contributed by atoms with van der Waals surface area (Å²) in [4.78, 5) is 0. The number of rotatable bonds is 1. The Hall–Kier alpha value is 0.515. The van der Waals surface area contributed by atoms with E-state index in [0.717, 1.165) is 6.42 Å². The van der Waals surface area contributed by atoms with Crippen molar-refractivity contribution in [3.63, 3.8) is 0 Å². The number of nitrogens with zero attached hydrogens (tertiary/aromatic N) is 1. The smallest absolute Gasteiger partial charge is 0.425 e. The Morgan fingerprint density at radius 3 is 2.00 bits per heavy atom. The summed E-state index contributed by atoms with van der Waals surface area (Å²) in [7, 11) is 0. The van der Waals surface area contributed by atoms with Crippen LogP contribution in [0.15, 0.2) is 0 Å². The molecule has 0 aliphatic heterocycles. The van der Waals surface area contributed by atoms with E-state index in [1.165, 1.54) is 0 Å². The molecule has 4 heteroatoms. The van der Waals surface area contributed by atoms with Crippen molar-refractivity contribution in [3.8, 4) is 6.07 Å². The maximum Gasteiger partial charge on any atom is 1.00 e. The van der Waals surface area contributed by atoms with Crippen molar-refractivity contribution in [2.75, 3.05) is 6.61 Å². The zero-order valence-corrected chi connectivity index (χ0v) is 4.68. The molecule has 0 heterocycles. The van der Waals surface area contributed by atoms with Crippen LogP contribution < -0.4 is 37.7 Å². The van der Waals surface area contributed by atoms with Crippen LogP contribution in [-0.4, -0.2) is 11.7 Å². The van der Waals surface area contributed by atoms with Crippen LogP contribution in [0.25, 0.3) is 0 Å². The molecule has 0 fully saturated rings. The van der Waals surface area contributed by atoms with E-state index in [0.29, 0.717) is 0 Å². The maximum atomic E-state index is 7.79. The van der Waals surface area contributed by atoms with E-state index >= 15 is 0 Å². The third-order valence-corrected chi connectivity index (χ3v) is 0.183. The topological polar surface area (TPSA) is 44.0 Å². The molecular formula is C3H4Li2NO+. The molecule has 0 unspecified atom stereocenters. The first-order valence-electron chi connectivity index (χ1n) is 1.24. The van der Waals surface area contributed by atoms with Crippen LogP contribution in [0.1, 0.15) is 0 Å². The molecule has 0 saturated carbocycles. The van der Waals surface area contributed by atoms with Crippen LogP contribution in [0.2, 0.25) is 0 Å². The van der Waals surface area contributed by atoms with Crippen LogP contribution in [0, 0.1) is 17.8 Å². The summed E-state index contributed by atoms with van der Waals surface area (Å²) in [5.74, 6) is 0. The van der Waals surface area contributed by atoms with Gasteiger partial charge in [0.25, 0.3) is 0 Å². The Morgan fingerprint density at radius 1 is 1.57 bits per heavy atom. The van der Waals surface area contributed by atoms with Crippen molar-refractivity contribution in [2.45, 2.75) is 0 Å². The van der Waals surface area contributed by atoms with E-state index in [2.05, 4.69) is 0 Å². The Morgan fingerprint density at radius 2 is 2.00 bits per heavy atom. The average Bonchev–Trinajstić information content (AvgIpc) is 1.41. The summed E-state index contributed by atoms with van der Waals surface area (Å²) >= 11 is 0. The third kappa shape index (κ3) is 21.0. The Balaban J connectivity index is -0.0000000800. The summed E-state index contributed by atoms with van der Waals surface area (Å²) in [6.07, 6.45) is 1.11. The molecule has 0 atom stereocenters. The predicted octanol–water partition coefficient (Wildman–Crippen LogP) is -6.29. The molecule has 0 amide bonds. The molecule has 1 N–H and O–H groups in total. The van der Waals surface area contributed by atoms with Crippen molar-refractivity contribution < 1.29 is 42.8 Å². The minimum atomic E-state index is -0.142. The number of hydrogen-bond acceptors (Lipinski definition) is 2. The van der Waals surface area contributed by atoms with Crippen molar-refractivity contribution in [3.05, 3.63) is 6.42 Å². The van der Waals surface area contributed by atoms with Gasteiger partial charge in [0, 0.05) is 0 Å². The first kappa shape index (κ1) is 15.6. The molecule has 2 nitrogen and oxygen atoms in total. The van der Waals surface area contributed by atoms with Gasteiger partial charge in [0.05, 0.1) is 0 Å². The fraction of sp³-hybridized carbons (Fsp3) is 0.333. The minimum absolute atomic E-state index is 0. The van der Waals surface area contributed by atoms with Crippen molar-refractivity contribution in [1.29, 1.82) is 5.26 Å². The van der Waals surface area contributed by atoms with Crippen molar-refractivity contribution in [2.24, 2.45) is 0 Å². The first-order valence-corrected chi connectivity index (χ1v) is 1.24. The van der Waals surface area contributed by atoms with Gasteiger partial charge in [-0.15, -0.1) is 6.07 Å². The number of aliphatic hydroxyl groups excluding tert-OH is 1. The fourth-order valence-corrected chi connectivity index (χ4v) is 0.0408. The van der Waals surface area contributed by atoms with Crippen molar-refractivity contribution in [1.82, 2.24) is 0 Å². The second-order valence-electron chi connectivity index (χ2n) is 0.516. The zero-order valence-electron chi connectivity index (χ0n) is 4.68. The van der Waals surface area contributed by atoms with Gasteiger partial charge in [-0.25, -0.2) is 5.26 Å². The van der Waals surface area contributed by atoms with Crippen LogP contribution >= 0.6 is 0 Å². The van der Waals surface area contributed by atoms with E-state index in [1.807, 2.05) is 0 Å². The van der Waals surface area contributed by atoms with Gasteiger partial charge in [-0.05, 0) is 0 Å². The van der Waals surface area contributed by atoms with Gasteiger partial charge in [-0.1, -0.05) is 6.61 Å². The van der Waals surface area contributed by atoms with Crippen LogP contribution in [0.3, 0.4) is 0 Å².